The van der Waals surface area contributed by atoms with Gasteiger partial charge in [-0.25, -0.2) is 14.4 Å². The van der Waals surface area contributed by atoms with Gasteiger partial charge in [0.25, 0.3) is 5.79 Å². The lowest BCUT2D eigenvalue weighted by Crippen LogP contribution is -2.42. The molecule has 0 atom stereocenters. The molecule has 1 aliphatic rings. The summed E-state index contributed by atoms with van der Waals surface area (Å²) >= 11 is 4.09. The number of esters is 3. The molecule has 1 saturated heterocycles. The van der Waals surface area contributed by atoms with Gasteiger partial charge in [0.1, 0.15) is 0 Å². The first-order valence-electron chi connectivity index (χ1n) is 7.24. The molecule has 134 valence electrons. The van der Waals surface area contributed by atoms with Crippen molar-refractivity contribution in [1.82, 2.24) is 0 Å². The van der Waals surface area contributed by atoms with E-state index >= 15 is 0 Å². The molecule has 1 aliphatic heterocycles. The average Bonchev–Trinajstić information content (AvgIpc) is 2.47. The third kappa shape index (κ3) is 4.84. The van der Waals surface area contributed by atoms with Crippen LogP contribution in [0, 0.1) is 7.14 Å². The van der Waals surface area contributed by atoms with E-state index < -0.39 is 23.7 Å². The molecule has 1 fully saturated rings. The minimum Gasteiger partial charge on any atom is -0.462 e. The van der Waals surface area contributed by atoms with Crippen LogP contribution in [0.25, 0.3) is 0 Å². The second kappa shape index (κ2) is 7.89. The van der Waals surface area contributed by atoms with E-state index in [9.17, 15) is 14.4 Å². The van der Waals surface area contributed by atoms with Crippen LogP contribution in [0.4, 0.5) is 5.69 Å². The largest absolute Gasteiger partial charge is 0.462 e. The lowest BCUT2D eigenvalue weighted by molar-refractivity contribution is -0.222. The number of rotatable bonds is 4. The number of halogens is 2. The van der Waals surface area contributed by atoms with Crippen LogP contribution in [0.5, 0.6) is 0 Å². The summed E-state index contributed by atoms with van der Waals surface area (Å²) in [6.07, 6.45) is 1.24. The van der Waals surface area contributed by atoms with Gasteiger partial charge in [0.2, 0.25) is 0 Å². The summed E-state index contributed by atoms with van der Waals surface area (Å²) in [4.78, 5) is 35.7. The summed E-state index contributed by atoms with van der Waals surface area (Å²) in [5, 5.41) is 2.91. The monoisotopic (exact) mass is 571 g/mol. The van der Waals surface area contributed by atoms with Crippen molar-refractivity contribution < 1.29 is 28.6 Å². The van der Waals surface area contributed by atoms with Gasteiger partial charge in [-0.3, -0.25) is 0 Å². The van der Waals surface area contributed by atoms with E-state index in [1.165, 1.54) is 20.0 Å². The van der Waals surface area contributed by atoms with Gasteiger partial charge in [0, 0.05) is 27.2 Å². The van der Waals surface area contributed by atoms with E-state index in [1.807, 2.05) is 45.2 Å². The maximum absolute atomic E-state index is 11.9. The van der Waals surface area contributed by atoms with Crippen LogP contribution in [-0.4, -0.2) is 30.3 Å². The summed E-state index contributed by atoms with van der Waals surface area (Å²) in [7, 11) is 0. The Morgan fingerprint density at radius 3 is 2.20 bits per heavy atom. The van der Waals surface area contributed by atoms with E-state index in [4.69, 9.17) is 14.2 Å². The third-order valence-corrected chi connectivity index (χ3v) is 4.73. The highest BCUT2D eigenvalue weighted by molar-refractivity contribution is 14.1. The minimum absolute atomic E-state index is 0.236. The number of carbonyl (C=O) groups excluding carboxylic acids is 3. The van der Waals surface area contributed by atoms with E-state index in [-0.39, 0.29) is 5.57 Å². The normalized spacial score (nSPS) is 16.0. The minimum atomic E-state index is -1.28. The van der Waals surface area contributed by atoms with Crippen LogP contribution in [0.1, 0.15) is 31.1 Å². The summed E-state index contributed by atoms with van der Waals surface area (Å²) in [6.45, 7) is 4.98. The van der Waals surface area contributed by atoms with Gasteiger partial charge in [-0.15, -0.1) is 0 Å². The Balaban J connectivity index is 2.25. The molecule has 1 heterocycles. The SMILES string of the molecule is CCOC(=O)c1cc(I)c(NC=C2C(=O)OC(C)(C)OC2=O)c(I)c1. The summed E-state index contributed by atoms with van der Waals surface area (Å²) in [6, 6.07) is 3.31. The Hall–Kier alpha value is -1.37. The van der Waals surface area contributed by atoms with E-state index in [1.54, 1.807) is 19.1 Å². The van der Waals surface area contributed by atoms with Gasteiger partial charge in [0.15, 0.2) is 5.57 Å². The average molecular weight is 571 g/mol. The highest BCUT2D eigenvalue weighted by atomic mass is 127. The molecule has 1 N–H and O–H groups in total. The quantitative estimate of drug-likeness (QED) is 0.257. The molecular weight excluding hydrogens is 556 g/mol. The Morgan fingerprint density at radius 1 is 1.20 bits per heavy atom. The molecule has 0 unspecified atom stereocenters. The van der Waals surface area contributed by atoms with Gasteiger partial charge in [-0.05, 0) is 64.2 Å². The third-order valence-electron chi connectivity index (χ3n) is 3.03. The molecule has 0 amide bonds. The zero-order chi connectivity index (χ0) is 18.8. The van der Waals surface area contributed by atoms with E-state index in [0.717, 1.165) is 7.14 Å². The summed E-state index contributed by atoms with van der Waals surface area (Å²) < 4.78 is 16.5. The predicted molar refractivity (Wildman–Crippen MR) is 106 cm³/mol. The number of hydrogen-bond donors (Lipinski definition) is 1. The second-order valence-electron chi connectivity index (χ2n) is 5.42. The lowest BCUT2D eigenvalue weighted by atomic mass is 10.2. The fraction of sp³-hybridized carbons (Fsp3) is 0.312. The van der Waals surface area contributed by atoms with Crippen LogP contribution in [-0.2, 0) is 23.8 Å². The molecule has 0 spiro atoms. The standard InChI is InChI=1S/C16H15I2NO6/c1-4-23-13(20)8-5-10(17)12(11(18)6-8)19-7-9-14(21)24-16(2,3)25-15(9)22/h5-7,19H,4H2,1-3H3. The van der Waals surface area contributed by atoms with Crippen molar-refractivity contribution in [3.63, 3.8) is 0 Å². The first-order chi connectivity index (χ1) is 11.6. The number of carbonyl (C=O) groups is 3. The van der Waals surface area contributed by atoms with Gasteiger partial charge in [-0.2, -0.15) is 0 Å². The molecule has 2 rings (SSSR count). The van der Waals surface area contributed by atoms with Crippen LogP contribution < -0.4 is 5.32 Å². The number of hydrogen-bond acceptors (Lipinski definition) is 7. The molecule has 25 heavy (non-hydrogen) atoms. The van der Waals surface area contributed by atoms with E-state index in [0.29, 0.717) is 17.9 Å². The Morgan fingerprint density at radius 2 is 1.72 bits per heavy atom. The molecule has 7 nitrogen and oxygen atoms in total. The van der Waals surface area contributed by atoms with Crippen molar-refractivity contribution in [1.29, 1.82) is 0 Å². The lowest BCUT2D eigenvalue weighted by Gasteiger charge is -2.29. The van der Waals surface area contributed by atoms with Crippen molar-refractivity contribution in [2.24, 2.45) is 0 Å². The molecule has 1 aromatic carbocycles. The first kappa shape index (κ1) is 19.9. The molecule has 0 aliphatic carbocycles. The number of benzene rings is 1. The number of nitrogens with one attached hydrogen (secondary N) is 1. The maximum atomic E-state index is 11.9. The fourth-order valence-electron chi connectivity index (χ4n) is 1.97. The first-order valence-corrected chi connectivity index (χ1v) is 9.40. The molecule has 0 aromatic heterocycles. The van der Waals surface area contributed by atoms with Crippen molar-refractivity contribution in [2.45, 2.75) is 26.6 Å². The van der Waals surface area contributed by atoms with Crippen molar-refractivity contribution in [2.75, 3.05) is 11.9 Å². The van der Waals surface area contributed by atoms with E-state index in [2.05, 4.69) is 5.32 Å². The molecule has 9 heteroatoms. The van der Waals surface area contributed by atoms with Crippen molar-refractivity contribution in [3.05, 3.63) is 36.6 Å². The fourth-order valence-corrected chi connectivity index (χ4v) is 4.05. The summed E-state index contributed by atoms with van der Waals surface area (Å²) in [5.74, 6) is -3.22. The molecular formula is C16H15I2NO6. The zero-order valence-electron chi connectivity index (χ0n) is 13.6. The predicted octanol–water partition coefficient (Wildman–Crippen LogP) is 3.20. The number of anilines is 1. The second-order valence-corrected chi connectivity index (χ2v) is 7.74. The van der Waals surface area contributed by atoms with Gasteiger partial charge in [-0.1, -0.05) is 0 Å². The highest BCUT2D eigenvalue weighted by Gasteiger charge is 2.39. The molecule has 0 bridgehead atoms. The zero-order valence-corrected chi connectivity index (χ0v) is 18.0. The highest BCUT2D eigenvalue weighted by Crippen LogP contribution is 2.28. The van der Waals surface area contributed by atoms with Crippen LogP contribution in [0.3, 0.4) is 0 Å². The van der Waals surface area contributed by atoms with Gasteiger partial charge >= 0.3 is 17.9 Å². The molecule has 0 saturated carbocycles. The van der Waals surface area contributed by atoms with Crippen LogP contribution in [0.2, 0.25) is 0 Å². The van der Waals surface area contributed by atoms with Crippen molar-refractivity contribution >= 4 is 68.8 Å². The number of cyclic esters (lactones) is 2. The van der Waals surface area contributed by atoms with Gasteiger partial charge in [0.05, 0.1) is 17.9 Å². The Labute approximate surface area is 171 Å². The molecule has 0 radical (unpaired) electrons. The topological polar surface area (TPSA) is 90.9 Å². The summed E-state index contributed by atoms with van der Waals surface area (Å²) in [5.41, 5.74) is 0.833. The van der Waals surface area contributed by atoms with Crippen LogP contribution in [0.15, 0.2) is 23.9 Å². The Bertz CT molecular complexity index is 727. The van der Waals surface area contributed by atoms with Gasteiger partial charge < -0.3 is 19.5 Å². The molecule has 1 aromatic rings. The maximum Gasteiger partial charge on any atom is 0.350 e. The van der Waals surface area contributed by atoms with Crippen molar-refractivity contribution in [3.8, 4) is 0 Å². The Kier molecular flexibility index (Phi) is 6.30. The number of ether oxygens (including phenoxy) is 3. The van der Waals surface area contributed by atoms with Crippen LogP contribution >= 0.6 is 45.2 Å². The smallest absolute Gasteiger partial charge is 0.350 e.